The third-order valence-corrected chi connectivity index (χ3v) is 6.20. The van der Waals surface area contributed by atoms with Gasteiger partial charge in [0.15, 0.2) is 0 Å². The Kier molecular flexibility index (Phi) is 5.07. The summed E-state index contributed by atoms with van der Waals surface area (Å²) in [6, 6.07) is 4.28. The second-order valence-electron chi connectivity index (χ2n) is 6.18. The number of likely N-dealkylation sites (N-methyl/N-ethyl adjacent to an activating group) is 1. The van der Waals surface area contributed by atoms with E-state index in [9.17, 15) is 8.42 Å². The Morgan fingerprint density at radius 3 is 2.43 bits per heavy atom. The Hall–Kier alpha value is -0.910. The first-order chi connectivity index (χ1) is 9.85. The van der Waals surface area contributed by atoms with Gasteiger partial charge in [0.1, 0.15) is 6.04 Å². The number of sulfonamides is 1. The molecule has 118 valence electrons. The van der Waals surface area contributed by atoms with E-state index >= 15 is 0 Å². The van der Waals surface area contributed by atoms with Crippen LogP contribution in [0.4, 0.5) is 0 Å². The Morgan fingerprint density at radius 1 is 1.24 bits per heavy atom. The Balaban J connectivity index is 2.16. The average Bonchev–Trinajstić information content (AvgIpc) is 2.82. The smallest absolute Gasteiger partial charge is 0.241 e. The highest BCUT2D eigenvalue weighted by molar-refractivity contribution is 7.89. The van der Waals surface area contributed by atoms with Crippen LogP contribution >= 0.6 is 0 Å². The van der Waals surface area contributed by atoms with Crippen LogP contribution in [-0.4, -0.2) is 34.1 Å². The Bertz CT molecular complexity index is 588. The van der Waals surface area contributed by atoms with E-state index in [1.54, 1.807) is 0 Å². The van der Waals surface area contributed by atoms with Gasteiger partial charge in [-0.15, -0.1) is 0 Å². The van der Waals surface area contributed by atoms with Gasteiger partial charge in [-0.25, -0.2) is 13.1 Å². The summed E-state index contributed by atoms with van der Waals surface area (Å²) in [5.74, 6) is 0. The maximum atomic E-state index is 12.6. The number of nitrogens with one attached hydrogen (secondary N) is 2. The fourth-order valence-electron chi connectivity index (χ4n) is 3.57. The van der Waals surface area contributed by atoms with Crippen molar-refractivity contribution in [2.24, 2.45) is 0 Å². The molecule has 1 unspecified atom stereocenters. The molecule has 1 aliphatic rings. The van der Waals surface area contributed by atoms with Crippen LogP contribution in [0.25, 0.3) is 0 Å². The summed E-state index contributed by atoms with van der Waals surface area (Å²) < 4.78 is 28.1. The zero-order valence-electron chi connectivity index (χ0n) is 13.5. The van der Waals surface area contributed by atoms with Crippen LogP contribution in [0, 0.1) is 20.8 Å². The summed E-state index contributed by atoms with van der Waals surface area (Å²) >= 11 is 0. The second kappa shape index (κ2) is 6.46. The van der Waals surface area contributed by atoms with Crippen molar-refractivity contribution in [3.8, 4) is 0 Å². The molecule has 1 aliphatic heterocycles. The molecule has 0 bridgehead atoms. The molecule has 2 rings (SSSR count). The van der Waals surface area contributed by atoms with E-state index in [4.69, 9.17) is 0 Å². The van der Waals surface area contributed by atoms with E-state index in [1.807, 2.05) is 32.9 Å². The molecule has 21 heavy (non-hydrogen) atoms. The average molecular weight is 311 g/mol. The van der Waals surface area contributed by atoms with Gasteiger partial charge in [-0.2, -0.15) is 0 Å². The molecule has 1 heterocycles. The van der Waals surface area contributed by atoms with E-state index in [0.29, 0.717) is 17.5 Å². The summed E-state index contributed by atoms with van der Waals surface area (Å²) in [6.45, 7) is 10.7. The van der Waals surface area contributed by atoms with Crippen molar-refractivity contribution in [2.45, 2.75) is 51.5 Å². The van der Waals surface area contributed by atoms with E-state index in [1.165, 1.54) is 11.3 Å². The molecule has 0 saturated carbocycles. The van der Waals surface area contributed by atoms with Gasteiger partial charge in [0.2, 0.25) is 10.0 Å². The number of benzene rings is 1. The number of rotatable bonds is 5. The Labute approximate surface area is 128 Å². The lowest BCUT2D eigenvalue weighted by atomic mass is 10.1. The summed E-state index contributed by atoms with van der Waals surface area (Å²) in [7, 11) is -3.42. The minimum absolute atomic E-state index is 0.413. The number of quaternary nitrogens is 1. The van der Waals surface area contributed by atoms with Crippen LogP contribution in [0.1, 0.15) is 36.5 Å². The van der Waals surface area contributed by atoms with Gasteiger partial charge in [-0.3, -0.25) is 0 Å². The third-order valence-electron chi connectivity index (χ3n) is 4.48. The van der Waals surface area contributed by atoms with Gasteiger partial charge in [0.05, 0.1) is 24.5 Å². The molecular formula is C16H27N2O2S+. The molecule has 4 nitrogen and oxygen atoms in total. The molecule has 5 heteroatoms. The first-order valence-electron chi connectivity index (χ1n) is 7.77. The summed E-state index contributed by atoms with van der Waals surface area (Å²) in [5.41, 5.74) is 2.75. The highest BCUT2D eigenvalue weighted by atomic mass is 32.2. The molecule has 1 aromatic carbocycles. The summed E-state index contributed by atoms with van der Waals surface area (Å²) in [6.07, 6.45) is 2.30. The topological polar surface area (TPSA) is 50.6 Å². The largest absolute Gasteiger partial charge is 0.332 e. The maximum absolute atomic E-state index is 12.6. The molecule has 0 amide bonds. The molecule has 1 saturated heterocycles. The van der Waals surface area contributed by atoms with Crippen LogP contribution in [0.15, 0.2) is 17.0 Å². The third kappa shape index (κ3) is 3.65. The molecule has 0 aliphatic carbocycles. The minimum Gasteiger partial charge on any atom is -0.332 e. The standard InChI is InChI=1S/C16H26N2O2S/c1-5-18-8-6-7-15(18)11-17-21(19,20)16-13(3)9-12(2)10-14(16)4/h9-10,15,17H,5-8,11H2,1-4H3/p+1/t15-/m1/s1. The van der Waals surface area contributed by atoms with Gasteiger partial charge in [-0.05, 0) is 38.8 Å². The molecule has 1 fully saturated rings. The summed E-state index contributed by atoms with van der Waals surface area (Å²) in [4.78, 5) is 1.96. The Morgan fingerprint density at radius 2 is 1.86 bits per heavy atom. The molecule has 0 spiro atoms. The van der Waals surface area contributed by atoms with Gasteiger partial charge in [-0.1, -0.05) is 17.7 Å². The van der Waals surface area contributed by atoms with Crippen LogP contribution in [0.3, 0.4) is 0 Å². The monoisotopic (exact) mass is 311 g/mol. The number of hydrogen-bond acceptors (Lipinski definition) is 2. The first-order valence-corrected chi connectivity index (χ1v) is 9.25. The van der Waals surface area contributed by atoms with Crippen LogP contribution in [-0.2, 0) is 10.0 Å². The van der Waals surface area contributed by atoms with Crippen molar-refractivity contribution in [1.82, 2.24) is 4.72 Å². The maximum Gasteiger partial charge on any atom is 0.241 e. The predicted octanol–water partition coefficient (Wildman–Crippen LogP) is 0.957. The zero-order chi connectivity index (χ0) is 15.6. The van der Waals surface area contributed by atoms with Gasteiger partial charge < -0.3 is 4.90 Å². The SMILES string of the molecule is CC[NH+]1CCC[C@@H]1CNS(=O)(=O)c1c(C)cc(C)cc1C. The highest BCUT2D eigenvalue weighted by Gasteiger charge is 2.29. The van der Waals surface area contributed by atoms with Crippen LogP contribution < -0.4 is 9.62 Å². The van der Waals surface area contributed by atoms with Crippen molar-refractivity contribution in [3.05, 3.63) is 28.8 Å². The van der Waals surface area contributed by atoms with Crippen molar-refractivity contribution in [2.75, 3.05) is 19.6 Å². The minimum atomic E-state index is -3.42. The molecule has 0 radical (unpaired) electrons. The molecule has 2 atom stereocenters. The summed E-state index contributed by atoms with van der Waals surface area (Å²) in [5, 5.41) is 0. The lowest BCUT2D eigenvalue weighted by Crippen LogP contribution is -3.14. The molecular weight excluding hydrogens is 284 g/mol. The zero-order valence-corrected chi connectivity index (χ0v) is 14.3. The lowest BCUT2D eigenvalue weighted by Gasteiger charge is -2.21. The van der Waals surface area contributed by atoms with Crippen LogP contribution in [0.5, 0.6) is 0 Å². The number of aryl methyl sites for hydroxylation is 3. The fourth-order valence-corrected chi connectivity index (χ4v) is 5.10. The fraction of sp³-hybridized carbons (Fsp3) is 0.625. The second-order valence-corrected chi connectivity index (χ2v) is 7.88. The normalized spacial score (nSPS) is 22.7. The van der Waals surface area contributed by atoms with E-state index in [0.717, 1.165) is 36.2 Å². The molecule has 0 aromatic heterocycles. The van der Waals surface area contributed by atoms with Crippen molar-refractivity contribution in [3.63, 3.8) is 0 Å². The van der Waals surface area contributed by atoms with Crippen molar-refractivity contribution >= 4 is 10.0 Å². The highest BCUT2D eigenvalue weighted by Crippen LogP contribution is 2.21. The van der Waals surface area contributed by atoms with E-state index in [-0.39, 0.29) is 0 Å². The van der Waals surface area contributed by atoms with Gasteiger partial charge in [0.25, 0.3) is 0 Å². The van der Waals surface area contributed by atoms with Crippen molar-refractivity contribution < 1.29 is 13.3 Å². The van der Waals surface area contributed by atoms with Crippen molar-refractivity contribution in [1.29, 1.82) is 0 Å². The first kappa shape index (κ1) is 16.5. The van der Waals surface area contributed by atoms with Gasteiger partial charge in [0, 0.05) is 12.8 Å². The lowest BCUT2D eigenvalue weighted by molar-refractivity contribution is -0.909. The van der Waals surface area contributed by atoms with Gasteiger partial charge >= 0.3 is 0 Å². The number of likely N-dealkylation sites (tertiary alicyclic amines) is 1. The predicted molar refractivity (Wildman–Crippen MR) is 85.2 cm³/mol. The number of hydrogen-bond donors (Lipinski definition) is 2. The quantitative estimate of drug-likeness (QED) is 0.851. The van der Waals surface area contributed by atoms with E-state index in [2.05, 4.69) is 11.6 Å². The molecule has 1 aromatic rings. The van der Waals surface area contributed by atoms with Crippen LogP contribution in [0.2, 0.25) is 0 Å². The van der Waals surface area contributed by atoms with E-state index < -0.39 is 10.0 Å². The molecule has 2 N–H and O–H groups in total.